The average molecular weight is 213 g/mol. The summed E-state index contributed by atoms with van der Waals surface area (Å²) in [6.07, 6.45) is 1.02. The second-order valence-corrected chi connectivity index (χ2v) is 3.74. The molecule has 1 rings (SSSR count). The van der Waals surface area contributed by atoms with E-state index in [-0.39, 0.29) is 5.78 Å². The average Bonchev–Trinajstić information content (AvgIpc) is 2.68. The Balaban J connectivity index is 0.000000791. The van der Waals surface area contributed by atoms with Gasteiger partial charge in [0.05, 0.1) is 6.54 Å². The first kappa shape index (κ1) is 13.3. The number of thiophene rings is 1. The van der Waals surface area contributed by atoms with Crippen molar-refractivity contribution in [1.29, 1.82) is 0 Å². The summed E-state index contributed by atoms with van der Waals surface area (Å²) in [6.45, 7) is 6.98. The predicted octanol–water partition coefficient (Wildman–Crippen LogP) is 2.50. The lowest BCUT2D eigenvalue weighted by molar-refractivity contribution is -0.116. The smallest absolute Gasteiger partial charge is 0.143 e. The summed E-state index contributed by atoms with van der Waals surface area (Å²) in [4.78, 5) is 11.9. The Labute approximate surface area is 90.3 Å². The van der Waals surface area contributed by atoms with Gasteiger partial charge in [-0.15, -0.1) is 11.3 Å². The number of ketones is 1. The molecule has 3 heteroatoms. The Hall–Kier alpha value is -0.670. The van der Waals surface area contributed by atoms with Gasteiger partial charge in [-0.2, -0.15) is 0 Å². The zero-order valence-electron chi connectivity index (χ0n) is 9.17. The zero-order valence-corrected chi connectivity index (χ0v) is 9.99. The van der Waals surface area contributed by atoms with Crippen LogP contribution < -0.4 is 5.32 Å². The molecular formula is C11H19NOS. The molecule has 1 aromatic rings. The lowest BCUT2D eigenvalue weighted by atomic mass is 10.3. The second kappa shape index (κ2) is 8.91. The van der Waals surface area contributed by atoms with Crippen LogP contribution in [0.15, 0.2) is 17.5 Å². The van der Waals surface area contributed by atoms with Crippen LogP contribution in [0.5, 0.6) is 0 Å². The highest BCUT2D eigenvalue weighted by Crippen LogP contribution is 2.07. The standard InChI is InChI=1S/C9H13NOS.C2H6/c1-8(11)7-10-5-4-9-3-2-6-12-9;1-2/h2-3,6,10H,4-5,7H2,1H3;1-2H3. The molecule has 1 heterocycles. The van der Waals surface area contributed by atoms with Crippen LogP contribution in [0, 0.1) is 0 Å². The van der Waals surface area contributed by atoms with Gasteiger partial charge in [0.1, 0.15) is 5.78 Å². The Kier molecular flexibility index (Phi) is 8.48. The minimum Gasteiger partial charge on any atom is -0.310 e. The van der Waals surface area contributed by atoms with E-state index >= 15 is 0 Å². The van der Waals surface area contributed by atoms with Gasteiger partial charge < -0.3 is 5.32 Å². The molecule has 80 valence electrons. The van der Waals surface area contributed by atoms with Crippen LogP contribution in [-0.2, 0) is 11.2 Å². The molecule has 0 saturated carbocycles. The molecule has 0 bridgehead atoms. The van der Waals surface area contributed by atoms with Gasteiger partial charge in [-0.3, -0.25) is 4.79 Å². The van der Waals surface area contributed by atoms with E-state index in [0.717, 1.165) is 13.0 Å². The predicted molar refractivity (Wildman–Crippen MR) is 62.9 cm³/mol. The molecule has 14 heavy (non-hydrogen) atoms. The SMILES string of the molecule is CC.CC(=O)CNCCc1cccs1. The van der Waals surface area contributed by atoms with E-state index in [9.17, 15) is 4.79 Å². The van der Waals surface area contributed by atoms with E-state index in [1.54, 1.807) is 18.3 Å². The van der Waals surface area contributed by atoms with Crippen LogP contribution in [0.25, 0.3) is 0 Å². The van der Waals surface area contributed by atoms with Gasteiger partial charge in [-0.25, -0.2) is 0 Å². The monoisotopic (exact) mass is 213 g/mol. The zero-order chi connectivity index (χ0) is 10.8. The van der Waals surface area contributed by atoms with E-state index in [4.69, 9.17) is 0 Å². The van der Waals surface area contributed by atoms with Crippen LogP contribution in [0.4, 0.5) is 0 Å². The fourth-order valence-corrected chi connectivity index (χ4v) is 1.64. The van der Waals surface area contributed by atoms with E-state index in [1.165, 1.54) is 4.88 Å². The molecule has 0 fully saturated rings. The van der Waals surface area contributed by atoms with Crippen molar-refractivity contribution in [3.8, 4) is 0 Å². The van der Waals surface area contributed by atoms with E-state index in [0.29, 0.717) is 6.54 Å². The van der Waals surface area contributed by atoms with Crippen LogP contribution in [0.1, 0.15) is 25.6 Å². The summed E-state index contributed by atoms with van der Waals surface area (Å²) in [6, 6.07) is 4.16. The highest BCUT2D eigenvalue weighted by atomic mass is 32.1. The Morgan fingerprint density at radius 1 is 1.50 bits per heavy atom. The lowest BCUT2D eigenvalue weighted by Gasteiger charge is -1.99. The van der Waals surface area contributed by atoms with Crippen LogP contribution in [0.3, 0.4) is 0 Å². The molecule has 1 aromatic heterocycles. The fraction of sp³-hybridized carbons (Fsp3) is 0.545. The molecule has 1 N–H and O–H groups in total. The van der Waals surface area contributed by atoms with Crippen molar-refractivity contribution in [2.45, 2.75) is 27.2 Å². The van der Waals surface area contributed by atoms with Crippen molar-refractivity contribution >= 4 is 17.1 Å². The molecule has 0 atom stereocenters. The molecular weight excluding hydrogens is 194 g/mol. The highest BCUT2D eigenvalue weighted by Gasteiger charge is 1.94. The van der Waals surface area contributed by atoms with Crippen LogP contribution in [-0.4, -0.2) is 18.9 Å². The van der Waals surface area contributed by atoms with Gasteiger partial charge in [0.2, 0.25) is 0 Å². The van der Waals surface area contributed by atoms with Crippen LogP contribution >= 0.6 is 11.3 Å². The molecule has 0 aliphatic carbocycles. The quantitative estimate of drug-likeness (QED) is 0.761. The Morgan fingerprint density at radius 2 is 2.21 bits per heavy atom. The van der Waals surface area contributed by atoms with Crippen molar-refractivity contribution in [3.05, 3.63) is 22.4 Å². The number of hydrogen-bond donors (Lipinski definition) is 1. The molecule has 0 aliphatic heterocycles. The van der Waals surface area contributed by atoms with E-state index in [1.807, 2.05) is 19.9 Å². The third kappa shape index (κ3) is 6.80. The largest absolute Gasteiger partial charge is 0.310 e. The van der Waals surface area contributed by atoms with E-state index in [2.05, 4.69) is 16.8 Å². The van der Waals surface area contributed by atoms with Gasteiger partial charge in [-0.1, -0.05) is 19.9 Å². The van der Waals surface area contributed by atoms with Gasteiger partial charge in [0.15, 0.2) is 0 Å². The summed E-state index contributed by atoms with van der Waals surface area (Å²) in [5.41, 5.74) is 0. The third-order valence-electron chi connectivity index (χ3n) is 1.50. The van der Waals surface area contributed by atoms with Crippen molar-refractivity contribution in [2.24, 2.45) is 0 Å². The maximum absolute atomic E-state index is 10.5. The first-order chi connectivity index (χ1) is 6.79. The molecule has 0 spiro atoms. The first-order valence-electron chi connectivity index (χ1n) is 5.01. The Bertz CT molecular complexity index is 231. The second-order valence-electron chi connectivity index (χ2n) is 2.71. The molecule has 0 unspecified atom stereocenters. The summed E-state index contributed by atoms with van der Waals surface area (Å²) in [7, 11) is 0. The van der Waals surface area contributed by atoms with Crippen molar-refractivity contribution in [1.82, 2.24) is 5.32 Å². The number of nitrogens with one attached hydrogen (secondary N) is 1. The third-order valence-corrected chi connectivity index (χ3v) is 2.44. The minimum absolute atomic E-state index is 0.196. The number of hydrogen-bond acceptors (Lipinski definition) is 3. The van der Waals surface area contributed by atoms with Crippen molar-refractivity contribution < 1.29 is 4.79 Å². The summed E-state index contributed by atoms with van der Waals surface area (Å²) in [5.74, 6) is 0.196. The molecule has 2 nitrogen and oxygen atoms in total. The molecule has 0 saturated heterocycles. The van der Waals surface area contributed by atoms with Crippen molar-refractivity contribution in [3.63, 3.8) is 0 Å². The Morgan fingerprint density at radius 3 is 2.71 bits per heavy atom. The molecule has 0 aliphatic rings. The molecule has 0 amide bonds. The summed E-state index contributed by atoms with van der Waals surface area (Å²) in [5, 5.41) is 5.15. The van der Waals surface area contributed by atoms with Gasteiger partial charge >= 0.3 is 0 Å². The maximum atomic E-state index is 10.5. The number of carbonyl (C=O) groups is 1. The fourth-order valence-electron chi connectivity index (χ4n) is 0.931. The number of rotatable bonds is 5. The number of carbonyl (C=O) groups excluding carboxylic acids is 1. The van der Waals surface area contributed by atoms with Crippen molar-refractivity contribution in [2.75, 3.05) is 13.1 Å². The normalized spacial score (nSPS) is 9.07. The van der Waals surface area contributed by atoms with Gasteiger partial charge in [0, 0.05) is 11.4 Å². The topological polar surface area (TPSA) is 29.1 Å². The first-order valence-corrected chi connectivity index (χ1v) is 5.89. The molecule has 0 radical (unpaired) electrons. The maximum Gasteiger partial charge on any atom is 0.143 e. The highest BCUT2D eigenvalue weighted by molar-refractivity contribution is 7.09. The van der Waals surface area contributed by atoms with Gasteiger partial charge in [0.25, 0.3) is 0 Å². The minimum atomic E-state index is 0.196. The van der Waals surface area contributed by atoms with Gasteiger partial charge in [-0.05, 0) is 24.8 Å². The number of Topliss-reactive ketones (excluding diaryl/α,β-unsaturated/α-hetero) is 1. The van der Waals surface area contributed by atoms with E-state index < -0.39 is 0 Å². The lowest BCUT2D eigenvalue weighted by Crippen LogP contribution is -2.22. The molecule has 0 aromatic carbocycles. The summed E-state index contributed by atoms with van der Waals surface area (Å²) >= 11 is 1.76. The van der Waals surface area contributed by atoms with Crippen LogP contribution in [0.2, 0.25) is 0 Å². The summed E-state index contributed by atoms with van der Waals surface area (Å²) < 4.78 is 0.